The molecule has 0 saturated carbocycles. The molecule has 2 aromatic carbocycles. The minimum absolute atomic E-state index is 0.200. The van der Waals surface area contributed by atoms with E-state index < -0.39 is 0 Å². The van der Waals surface area contributed by atoms with Crippen molar-refractivity contribution in [3.8, 4) is 11.8 Å². The van der Waals surface area contributed by atoms with Crippen LogP contribution in [0, 0.1) is 11.3 Å². The second-order valence-electron chi connectivity index (χ2n) is 4.71. The number of ether oxygens (including phenoxy) is 1. The van der Waals surface area contributed by atoms with E-state index in [4.69, 9.17) is 10.00 Å². The molecule has 0 radical (unpaired) electrons. The molecule has 0 bridgehead atoms. The maximum absolute atomic E-state index is 11.8. The Morgan fingerprint density at radius 3 is 2.57 bits per heavy atom. The first-order valence-electron chi connectivity index (χ1n) is 7.27. The van der Waals surface area contributed by atoms with Crippen LogP contribution in [0.4, 0.5) is 0 Å². The number of rotatable bonds is 6. The quantitative estimate of drug-likeness (QED) is 0.658. The maximum atomic E-state index is 11.8. The van der Waals surface area contributed by atoms with Gasteiger partial charge in [0.25, 0.3) is 5.91 Å². The van der Waals surface area contributed by atoms with Crippen LogP contribution in [0.1, 0.15) is 24.5 Å². The zero-order chi connectivity index (χ0) is 16.5. The van der Waals surface area contributed by atoms with Crippen molar-refractivity contribution in [1.29, 1.82) is 5.26 Å². The highest BCUT2D eigenvalue weighted by atomic mass is 16.5. The van der Waals surface area contributed by atoms with Crippen LogP contribution in [-0.2, 0) is 4.79 Å². The Hall–Kier alpha value is -3.13. The Bertz CT molecular complexity index is 733. The molecule has 5 heteroatoms. The van der Waals surface area contributed by atoms with Crippen LogP contribution in [0.15, 0.2) is 59.7 Å². The van der Waals surface area contributed by atoms with Gasteiger partial charge in [-0.25, -0.2) is 5.43 Å². The van der Waals surface area contributed by atoms with E-state index in [1.165, 1.54) is 0 Å². The Morgan fingerprint density at radius 1 is 1.17 bits per heavy atom. The fourth-order valence-electron chi connectivity index (χ4n) is 1.97. The molecule has 1 amide bonds. The Balaban J connectivity index is 1.94. The monoisotopic (exact) mass is 307 g/mol. The molecule has 0 heterocycles. The van der Waals surface area contributed by atoms with Crippen LogP contribution in [0.25, 0.3) is 0 Å². The van der Waals surface area contributed by atoms with Gasteiger partial charge in [-0.05, 0) is 24.1 Å². The SMILES string of the molecule is CC/C(=N\NC(=O)COc1ccccc1C#N)c1ccccc1. The van der Waals surface area contributed by atoms with Crippen molar-refractivity contribution in [3.63, 3.8) is 0 Å². The summed E-state index contributed by atoms with van der Waals surface area (Å²) in [7, 11) is 0. The first kappa shape index (κ1) is 16.2. The lowest BCUT2D eigenvalue weighted by molar-refractivity contribution is -0.123. The van der Waals surface area contributed by atoms with Crippen molar-refractivity contribution in [1.82, 2.24) is 5.43 Å². The minimum atomic E-state index is -0.375. The number of para-hydroxylation sites is 1. The van der Waals surface area contributed by atoms with E-state index in [0.29, 0.717) is 17.7 Å². The molecule has 0 aromatic heterocycles. The number of hydrogen-bond acceptors (Lipinski definition) is 4. The molecular formula is C18H17N3O2. The third kappa shape index (κ3) is 4.68. The van der Waals surface area contributed by atoms with Gasteiger partial charge in [0.15, 0.2) is 6.61 Å². The normalized spacial score (nSPS) is 10.7. The average molecular weight is 307 g/mol. The number of benzene rings is 2. The number of nitrogens with one attached hydrogen (secondary N) is 1. The van der Waals surface area contributed by atoms with Gasteiger partial charge in [0.1, 0.15) is 11.8 Å². The topological polar surface area (TPSA) is 74.5 Å². The Labute approximate surface area is 135 Å². The van der Waals surface area contributed by atoms with Crippen molar-refractivity contribution in [3.05, 3.63) is 65.7 Å². The summed E-state index contributed by atoms with van der Waals surface area (Å²) >= 11 is 0. The Morgan fingerprint density at radius 2 is 1.87 bits per heavy atom. The summed E-state index contributed by atoms with van der Waals surface area (Å²) in [5.74, 6) is 0.00697. The predicted molar refractivity (Wildman–Crippen MR) is 88.1 cm³/mol. The molecule has 116 valence electrons. The van der Waals surface area contributed by atoms with Gasteiger partial charge in [0.05, 0.1) is 11.3 Å². The smallest absolute Gasteiger partial charge is 0.277 e. The van der Waals surface area contributed by atoms with Gasteiger partial charge in [0, 0.05) is 0 Å². The zero-order valence-corrected chi connectivity index (χ0v) is 12.8. The first-order chi connectivity index (χ1) is 11.2. The maximum Gasteiger partial charge on any atom is 0.277 e. The zero-order valence-electron chi connectivity index (χ0n) is 12.8. The molecule has 5 nitrogen and oxygen atoms in total. The number of hydrogen-bond donors (Lipinski definition) is 1. The molecule has 0 unspecified atom stereocenters. The lowest BCUT2D eigenvalue weighted by atomic mass is 10.1. The highest BCUT2D eigenvalue weighted by Crippen LogP contribution is 2.16. The van der Waals surface area contributed by atoms with Crippen molar-refractivity contribution in [2.75, 3.05) is 6.61 Å². The highest BCUT2D eigenvalue weighted by molar-refractivity contribution is 6.00. The molecule has 1 N–H and O–H groups in total. The molecule has 0 aliphatic rings. The minimum Gasteiger partial charge on any atom is -0.482 e. The fraction of sp³-hybridized carbons (Fsp3) is 0.167. The average Bonchev–Trinajstić information content (AvgIpc) is 2.61. The molecule has 0 aliphatic heterocycles. The van der Waals surface area contributed by atoms with Gasteiger partial charge in [0.2, 0.25) is 0 Å². The van der Waals surface area contributed by atoms with E-state index in [9.17, 15) is 4.79 Å². The van der Waals surface area contributed by atoms with Crippen LogP contribution >= 0.6 is 0 Å². The van der Waals surface area contributed by atoms with E-state index in [1.54, 1.807) is 24.3 Å². The van der Waals surface area contributed by atoms with E-state index in [0.717, 1.165) is 11.3 Å². The van der Waals surface area contributed by atoms with Crippen molar-refractivity contribution < 1.29 is 9.53 Å². The van der Waals surface area contributed by atoms with Gasteiger partial charge in [-0.15, -0.1) is 0 Å². The molecule has 0 spiro atoms. The highest BCUT2D eigenvalue weighted by Gasteiger charge is 2.06. The second kappa shape index (κ2) is 8.35. The molecule has 23 heavy (non-hydrogen) atoms. The van der Waals surface area contributed by atoms with Crippen LogP contribution in [0.5, 0.6) is 5.75 Å². The van der Waals surface area contributed by atoms with E-state index in [-0.39, 0.29) is 12.5 Å². The molecular weight excluding hydrogens is 290 g/mol. The molecule has 0 aliphatic carbocycles. The summed E-state index contributed by atoms with van der Waals surface area (Å²) in [6.45, 7) is 1.77. The third-order valence-corrected chi connectivity index (χ3v) is 3.12. The van der Waals surface area contributed by atoms with Crippen LogP contribution < -0.4 is 10.2 Å². The number of nitriles is 1. The standard InChI is InChI=1S/C18H17N3O2/c1-2-16(14-8-4-3-5-9-14)20-21-18(22)13-23-17-11-7-6-10-15(17)12-19/h3-11H,2,13H2,1H3,(H,21,22)/b20-16+. The summed E-state index contributed by atoms with van der Waals surface area (Å²) in [5.41, 5.74) is 4.62. The lowest BCUT2D eigenvalue weighted by Crippen LogP contribution is -2.26. The second-order valence-corrected chi connectivity index (χ2v) is 4.71. The number of hydrazone groups is 1. The van der Waals surface area contributed by atoms with E-state index >= 15 is 0 Å². The number of amides is 1. The molecule has 0 fully saturated rings. The van der Waals surface area contributed by atoms with Crippen molar-refractivity contribution in [2.24, 2.45) is 5.10 Å². The summed E-state index contributed by atoms with van der Waals surface area (Å²) in [6.07, 6.45) is 0.697. The third-order valence-electron chi connectivity index (χ3n) is 3.12. The van der Waals surface area contributed by atoms with Gasteiger partial charge in [-0.2, -0.15) is 10.4 Å². The van der Waals surface area contributed by atoms with E-state index in [1.807, 2.05) is 43.3 Å². The van der Waals surface area contributed by atoms with Crippen molar-refractivity contribution >= 4 is 11.6 Å². The van der Waals surface area contributed by atoms with Crippen LogP contribution in [-0.4, -0.2) is 18.2 Å². The summed E-state index contributed by atoms with van der Waals surface area (Å²) in [5, 5.41) is 13.1. The van der Waals surface area contributed by atoms with Gasteiger partial charge < -0.3 is 4.74 Å². The van der Waals surface area contributed by atoms with Crippen LogP contribution in [0.3, 0.4) is 0 Å². The summed E-state index contributed by atoms with van der Waals surface area (Å²) < 4.78 is 5.36. The fourth-order valence-corrected chi connectivity index (χ4v) is 1.97. The lowest BCUT2D eigenvalue weighted by Gasteiger charge is -2.07. The molecule has 2 aromatic rings. The molecule has 0 saturated heterocycles. The molecule has 2 rings (SSSR count). The van der Waals surface area contributed by atoms with Gasteiger partial charge >= 0.3 is 0 Å². The summed E-state index contributed by atoms with van der Waals surface area (Å²) in [4.78, 5) is 11.8. The van der Waals surface area contributed by atoms with Gasteiger partial charge in [-0.3, -0.25) is 4.79 Å². The Kier molecular flexibility index (Phi) is 5.89. The number of carbonyl (C=O) groups excluding carboxylic acids is 1. The first-order valence-corrected chi connectivity index (χ1v) is 7.27. The number of nitrogens with zero attached hydrogens (tertiary/aromatic N) is 2. The van der Waals surface area contributed by atoms with Gasteiger partial charge in [-0.1, -0.05) is 49.4 Å². The molecule has 0 atom stereocenters. The predicted octanol–water partition coefficient (Wildman–Crippen LogP) is 2.87. The van der Waals surface area contributed by atoms with Crippen LogP contribution in [0.2, 0.25) is 0 Å². The van der Waals surface area contributed by atoms with Crippen molar-refractivity contribution in [2.45, 2.75) is 13.3 Å². The van der Waals surface area contributed by atoms with E-state index in [2.05, 4.69) is 10.5 Å². The summed E-state index contributed by atoms with van der Waals surface area (Å²) in [6, 6.07) is 18.4. The largest absolute Gasteiger partial charge is 0.482 e. The number of carbonyl (C=O) groups is 1.